The molecule has 0 bridgehead atoms. The SMILES string of the molecule is COc1ccc(CN2C(=O)C(=O)/C(=C(\O)c3ccc(OC)cc3C)C2c2ccccc2)cc1. The Kier molecular flexibility index (Phi) is 6.18. The van der Waals surface area contributed by atoms with Crippen LogP contribution in [0.2, 0.25) is 0 Å². The van der Waals surface area contributed by atoms with E-state index in [9.17, 15) is 14.7 Å². The summed E-state index contributed by atoms with van der Waals surface area (Å²) in [4.78, 5) is 27.8. The lowest BCUT2D eigenvalue weighted by Crippen LogP contribution is -2.29. The summed E-state index contributed by atoms with van der Waals surface area (Å²) in [7, 11) is 3.15. The summed E-state index contributed by atoms with van der Waals surface area (Å²) in [5.74, 6) is -0.198. The van der Waals surface area contributed by atoms with Gasteiger partial charge in [-0.1, -0.05) is 42.5 Å². The van der Waals surface area contributed by atoms with Crippen molar-refractivity contribution in [3.8, 4) is 11.5 Å². The first kappa shape index (κ1) is 22.1. The predicted octanol–water partition coefficient (Wildman–Crippen LogP) is 4.63. The molecule has 0 radical (unpaired) electrons. The van der Waals surface area contributed by atoms with Crippen molar-refractivity contribution >= 4 is 17.4 Å². The fourth-order valence-electron chi connectivity index (χ4n) is 4.13. The first-order valence-corrected chi connectivity index (χ1v) is 10.6. The molecule has 6 heteroatoms. The monoisotopic (exact) mass is 443 g/mol. The number of Topliss-reactive ketones (excluding diaryl/α,β-unsaturated/α-hetero) is 1. The van der Waals surface area contributed by atoms with Crippen LogP contribution in [0.4, 0.5) is 0 Å². The Labute approximate surface area is 192 Å². The van der Waals surface area contributed by atoms with Gasteiger partial charge in [-0.25, -0.2) is 0 Å². The number of carbonyl (C=O) groups excluding carboxylic acids is 2. The maximum Gasteiger partial charge on any atom is 0.295 e. The van der Waals surface area contributed by atoms with E-state index in [1.165, 1.54) is 4.90 Å². The number of rotatable bonds is 6. The van der Waals surface area contributed by atoms with Crippen LogP contribution in [-0.4, -0.2) is 35.9 Å². The average Bonchev–Trinajstić information content (AvgIpc) is 3.09. The Hall–Kier alpha value is -4.06. The fourth-order valence-corrected chi connectivity index (χ4v) is 4.13. The van der Waals surface area contributed by atoms with Gasteiger partial charge in [0.1, 0.15) is 17.3 Å². The van der Waals surface area contributed by atoms with Crippen LogP contribution in [-0.2, 0) is 16.1 Å². The van der Waals surface area contributed by atoms with Crippen molar-refractivity contribution in [2.45, 2.75) is 19.5 Å². The molecule has 4 rings (SSSR count). The molecule has 0 aromatic heterocycles. The second kappa shape index (κ2) is 9.20. The van der Waals surface area contributed by atoms with Gasteiger partial charge in [0.25, 0.3) is 11.7 Å². The van der Waals surface area contributed by atoms with Gasteiger partial charge in [0.2, 0.25) is 0 Å². The Morgan fingerprint density at radius 1 is 0.909 bits per heavy atom. The zero-order valence-electron chi connectivity index (χ0n) is 18.7. The van der Waals surface area contributed by atoms with Crippen molar-refractivity contribution in [3.63, 3.8) is 0 Å². The second-order valence-corrected chi connectivity index (χ2v) is 7.87. The summed E-state index contributed by atoms with van der Waals surface area (Å²) in [5, 5.41) is 11.3. The van der Waals surface area contributed by atoms with Crippen LogP contribution in [0.3, 0.4) is 0 Å². The van der Waals surface area contributed by atoms with Crippen molar-refractivity contribution in [3.05, 3.63) is 101 Å². The third-order valence-electron chi connectivity index (χ3n) is 5.86. The van der Waals surface area contributed by atoms with E-state index in [1.54, 1.807) is 32.4 Å². The maximum absolute atomic E-state index is 13.2. The van der Waals surface area contributed by atoms with E-state index in [0.29, 0.717) is 17.1 Å². The summed E-state index contributed by atoms with van der Waals surface area (Å²) in [6.45, 7) is 2.04. The maximum atomic E-state index is 13.2. The van der Waals surface area contributed by atoms with Crippen molar-refractivity contribution < 1.29 is 24.2 Å². The van der Waals surface area contributed by atoms with Crippen molar-refractivity contribution in [2.75, 3.05) is 14.2 Å². The minimum atomic E-state index is -0.713. The van der Waals surface area contributed by atoms with Gasteiger partial charge in [0.05, 0.1) is 25.8 Å². The molecular weight excluding hydrogens is 418 g/mol. The molecule has 1 fully saturated rings. The number of benzene rings is 3. The number of methoxy groups -OCH3 is 2. The van der Waals surface area contributed by atoms with E-state index in [-0.39, 0.29) is 17.9 Å². The quantitative estimate of drug-likeness (QED) is 0.341. The summed E-state index contributed by atoms with van der Waals surface area (Å²) in [6, 6.07) is 21.1. The van der Waals surface area contributed by atoms with Gasteiger partial charge in [-0.3, -0.25) is 9.59 Å². The molecule has 33 heavy (non-hydrogen) atoms. The molecule has 0 spiro atoms. The van der Waals surface area contributed by atoms with Crippen molar-refractivity contribution in [1.29, 1.82) is 0 Å². The molecule has 3 aromatic carbocycles. The lowest BCUT2D eigenvalue weighted by atomic mass is 9.94. The minimum absolute atomic E-state index is 0.0768. The molecule has 1 unspecified atom stereocenters. The van der Waals surface area contributed by atoms with Crippen LogP contribution in [0.25, 0.3) is 5.76 Å². The molecule has 6 nitrogen and oxygen atoms in total. The van der Waals surface area contributed by atoms with Crippen LogP contribution >= 0.6 is 0 Å². The standard InChI is InChI=1S/C27H25NO5/c1-17-15-21(33-3)13-14-22(17)25(29)23-24(19-7-5-4-6-8-19)28(27(31)26(23)30)16-18-9-11-20(32-2)12-10-18/h4-15,24,29H,16H2,1-3H3/b25-23-. The number of nitrogens with zero attached hydrogens (tertiary/aromatic N) is 1. The molecule has 0 saturated carbocycles. The first-order valence-electron chi connectivity index (χ1n) is 10.6. The number of likely N-dealkylation sites (tertiary alicyclic amines) is 1. The molecule has 0 aliphatic carbocycles. The highest BCUT2D eigenvalue weighted by molar-refractivity contribution is 6.46. The molecule has 1 atom stereocenters. The van der Waals surface area contributed by atoms with Gasteiger partial charge in [0, 0.05) is 12.1 Å². The Morgan fingerprint density at radius 2 is 1.55 bits per heavy atom. The summed E-state index contributed by atoms with van der Waals surface area (Å²) >= 11 is 0. The number of amides is 1. The number of carbonyl (C=O) groups is 2. The van der Waals surface area contributed by atoms with Crippen LogP contribution in [0, 0.1) is 6.92 Å². The highest BCUT2D eigenvalue weighted by atomic mass is 16.5. The summed E-state index contributed by atoms with van der Waals surface area (Å²) in [6.07, 6.45) is 0. The molecule has 1 aliphatic rings. The second-order valence-electron chi connectivity index (χ2n) is 7.87. The van der Waals surface area contributed by atoms with Crippen LogP contribution in [0.1, 0.15) is 28.3 Å². The molecule has 1 saturated heterocycles. The van der Waals surface area contributed by atoms with Gasteiger partial charge in [0.15, 0.2) is 0 Å². The molecule has 3 aromatic rings. The highest BCUT2D eigenvalue weighted by Crippen LogP contribution is 2.41. The normalized spacial score (nSPS) is 17.3. The van der Waals surface area contributed by atoms with E-state index < -0.39 is 17.7 Å². The van der Waals surface area contributed by atoms with Gasteiger partial charge < -0.3 is 19.5 Å². The number of aliphatic hydroxyl groups excluding tert-OH is 1. The first-order chi connectivity index (χ1) is 15.9. The molecule has 168 valence electrons. The van der Waals surface area contributed by atoms with Crippen LogP contribution in [0.15, 0.2) is 78.4 Å². The minimum Gasteiger partial charge on any atom is -0.507 e. The van der Waals surface area contributed by atoms with Gasteiger partial charge in [-0.2, -0.15) is 0 Å². The number of hydrogen-bond acceptors (Lipinski definition) is 5. The van der Waals surface area contributed by atoms with Gasteiger partial charge in [-0.05, 0) is 53.9 Å². The Morgan fingerprint density at radius 3 is 2.15 bits per heavy atom. The van der Waals surface area contributed by atoms with Gasteiger partial charge in [-0.15, -0.1) is 0 Å². The number of aliphatic hydroxyl groups is 1. The average molecular weight is 443 g/mol. The zero-order valence-corrected chi connectivity index (χ0v) is 18.7. The zero-order chi connectivity index (χ0) is 23.5. The lowest BCUT2D eigenvalue weighted by molar-refractivity contribution is -0.140. The van der Waals surface area contributed by atoms with E-state index in [1.807, 2.05) is 61.5 Å². The molecular formula is C27H25NO5. The largest absolute Gasteiger partial charge is 0.507 e. The number of ketones is 1. The lowest BCUT2D eigenvalue weighted by Gasteiger charge is -2.25. The summed E-state index contributed by atoms with van der Waals surface area (Å²) in [5.41, 5.74) is 2.89. The highest BCUT2D eigenvalue weighted by Gasteiger charge is 2.46. The van der Waals surface area contributed by atoms with Crippen LogP contribution in [0.5, 0.6) is 11.5 Å². The van der Waals surface area contributed by atoms with E-state index in [0.717, 1.165) is 16.7 Å². The topological polar surface area (TPSA) is 76.1 Å². The third-order valence-corrected chi connectivity index (χ3v) is 5.86. The Balaban J connectivity index is 1.82. The van der Waals surface area contributed by atoms with Crippen LogP contribution < -0.4 is 9.47 Å². The predicted molar refractivity (Wildman–Crippen MR) is 125 cm³/mol. The summed E-state index contributed by atoms with van der Waals surface area (Å²) < 4.78 is 10.5. The fraction of sp³-hybridized carbons (Fsp3) is 0.185. The number of aryl methyl sites for hydroxylation is 1. The molecule has 1 heterocycles. The molecule has 1 amide bonds. The smallest absolute Gasteiger partial charge is 0.295 e. The van der Waals surface area contributed by atoms with E-state index in [2.05, 4.69) is 0 Å². The number of ether oxygens (including phenoxy) is 2. The number of hydrogen-bond donors (Lipinski definition) is 1. The molecule has 1 N–H and O–H groups in total. The third kappa shape index (κ3) is 4.20. The Bertz CT molecular complexity index is 1220. The van der Waals surface area contributed by atoms with E-state index >= 15 is 0 Å². The van der Waals surface area contributed by atoms with Gasteiger partial charge >= 0.3 is 0 Å². The van der Waals surface area contributed by atoms with Crippen molar-refractivity contribution in [1.82, 2.24) is 4.90 Å². The van der Waals surface area contributed by atoms with E-state index in [4.69, 9.17) is 9.47 Å². The van der Waals surface area contributed by atoms with Crippen molar-refractivity contribution in [2.24, 2.45) is 0 Å². The molecule has 1 aliphatic heterocycles.